The van der Waals surface area contributed by atoms with Crippen LogP contribution in [-0.2, 0) is 14.3 Å². The van der Waals surface area contributed by atoms with E-state index in [0.717, 1.165) is 25.0 Å². The Bertz CT molecular complexity index is 385. The van der Waals surface area contributed by atoms with Crippen LogP contribution in [-0.4, -0.2) is 30.0 Å². The fourth-order valence-electron chi connectivity index (χ4n) is 2.03. The van der Waals surface area contributed by atoms with Gasteiger partial charge in [0.25, 0.3) is 0 Å². The molecule has 1 N–H and O–H groups in total. The third-order valence-electron chi connectivity index (χ3n) is 2.82. The van der Waals surface area contributed by atoms with E-state index >= 15 is 0 Å². The van der Waals surface area contributed by atoms with Gasteiger partial charge >= 0.3 is 12.1 Å². The zero-order valence-corrected chi connectivity index (χ0v) is 12.7. The Morgan fingerprint density at radius 2 is 2.10 bits per heavy atom. The average Bonchev–Trinajstić information content (AvgIpc) is 2.35. The minimum Gasteiger partial charge on any atom is -0.466 e. The van der Waals surface area contributed by atoms with Gasteiger partial charge in [0.05, 0.1) is 12.5 Å². The molecule has 114 valence electrons. The fourth-order valence-corrected chi connectivity index (χ4v) is 2.03. The Kier molecular flexibility index (Phi) is 5.98. The minimum atomic E-state index is -0.580. The van der Waals surface area contributed by atoms with Gasteiger partial charge in [-0.2, -0.15) is 5.10 Å². The number of carbonyl (C=O) groups excluding carboxylic acids is 2. The van der Waals surface area contributed by atoms with Crippen molar-refractivity contribution in [2.24, 2.45) is 11.0 Å². The number of hydrogen-bond acceptors (Lipinski definition) is 5. The Balaban J connectivity index is 2.48. The molecule has 0 aromatic rings. The zero-order chi connectivity index (χ0) is 15.2. The van der Waals surface area contributed by atoms with Crippen molar-refractivity contribution < 1.29 is 19.1 Å². The molecule has 0 aliphatic heterocycles. The van der Waals surface area contributed by atoms with Gasteiger partial charge in [0.1, 0.15) is 5.60 Å². The maximum Gasteiger partial charge on any atom is 0.428 e. The summed E-state index contributed by atoms with van der Waals surface area (Å²) in [5, 5.41) is 4.04. The van der Waals surface area contributed by atoms with Crippen LogP contribution in [0.25, 0.3) is 0 Å². The molecule has 0 spiro atoms. The van der Waals surface area contributed by atoms with E-state index in [9.17, 15) is 9.59 Å². The molecule has 20 heavy (non-hydrogen) atoms. The van der Waals surface area contributed by atoms with Crippen LogP contribution in [0.15, 0.2) is 5.10 Å². The molecule has 1 saturated carbocycles. The molecule has 1 fully saturated rings. The third-order valence-corrected chi connectivity index (χ3v) is 2.82. The van der Waals surface area contributed by atoms with Crippen molar-refractivity contribution in [3.8, 4) is 0 Å². The number of ether oxygens (including phenoxy) is 2. The summed E-state index contributed by atoms with van der Waals surface area (Å²) in [6.45, 7) is 7.54. The predicted octanol–water partition coefficient (Wildman–Crippen LogP) is 2.62. The molecule has 0 radical (unpaired) electrons. The fraction of sp³-hybridized carbons (Fsp3) is 0.786. The zero-order valence-electron chi connectivity index (χ0n) is 12.7. The summed E-state index contributed by atoms with van der Waals surface area (Å²) >= 11 is 0. The topological polar surface area (TPSA) is 77.0 Å². The second-order valence-corrected chi connectivity index (χ2v) is 5.84. The van der Waals surface area contributed by atoms with Crippen LogP contribution >= 0.6 is 0 Å². The number of hydrazone groups is 1. The molecule has 1 amide bonds. The molecule has 6 nitrogen and oxygen atoms in total. The number of nitrogens with zero attached hydrogens (tertiary/aromatic N) is 1. The van der Waals surface area contributed by atoms with E-state index in [-0.39, 0.29) is 11.9 Å². The third kappa shape index (κ3) is 6.04. The molecule has 1 atom stereocenters. The van der Waals surface area contributed by atoms with Crippen LogP contribution in [0.2, 0.25) is 0 Å². The van der Waals surface area contributed by atoms with Crippen LogP contribution < -0.4 is 5.43 Å². The Labute approximate surface area is 119 Å². The quantitative estimate of drug-likeness (QED) is 0.638. The standard InChI is InChI=1S/C14H24N2O4/c1-5-19-12(17)10-7-6-8-11(9-10)15-16-13(18)20-14(2,3)4/h10H,5-9H2,1-4H3,(H,16,18)/b15-11-. The summed E-state index contributed by atoms with van der Waals surface area (Å²) in [5.41, 5.74) is 2.63. The molecular weight excluding hydrogens is 260 g/mol. The van der Waals surface area contributed by atoms with Gasteiger partial charge < -0.3 is 9.47 Å². The Morgan fingerprint density at radius 1 is 1.40 bits per heavy atom. The Hall–Kier alpha value is -1.59. The van der Waals surface area contributed by atoms with Crippen LogP contribution in [0.5, 0.6) is 0 Å². The highest BCUT2D eigenvalue weighted by Crippen LogP contribution is 2.23. The summed E-state index contributed by atoms with van der Waals surface area (Å²) in [7, 11) is 0. The van der Waals surface area contributed by atoms with Crippen molar-refractivity contribution in [2.45, 2.75) is 59.0 Å². The second-order valence-electron chi connectivity index (χ2n) is 5.84. The second kappa shape index (κ2) is 7.26. The molecule has 1 aliphatic carbocycles. The smallest absolute Gasteiger partial charge is 0.428 e. The van der Waals surface area contributed by atoms with Gasteiger partial charge in [-0.1, -0.05) is 0 Å². The van der Waals surface area contributed by atoms with Gasteiger partial charge in [0.15, 0.2) is 0 Å². The van der Waals surface area contributed by atoms with Crippen molar-refractivity contribution >= 4 is 17.8 Å². The van der Waals surface area contributed by atoms with Gasteiger partial charge in [0.2, 0.25) is 0 Å². The van der Waals surface area contributed by atoms with Gasteiger partial charge in [-0.3, -0.25) is 4.79 Å². The summed E-state index contributed by atoms with van der Waals surface area (Å²) in [6, 6.07) is 0. The maximum absolute atomic E-state index is 11.7. The average molecular weight is 284 g/mol. The SMILES string of the molecule is CCOC(=O)C1CCC/C(=N/NC(=O)OC(C)(C)C)C1. The number of nitrogens with one attached hydrogen (secondary N) is 1. The van der Waals surface area contributed by atoms with E-state index in [1.54, 1.807) is 27.7 Å². The maximum atomic E-state index is 11.7. The van der Waals surface area contributed by atoms with E-state index in [4.69, 9.17) is 9.47 Å². The molecule has 1 rings (SSSR count). The first-order valence-corrected chi connectivity index (χ1v) is 7.03. The Morgan fingerprint density at radius 3 is 2.70 bits per heavy atom. The summed E-state index contributed by atoms with van der Waals surface area (Å²) in [5.74, 6) is -0.333. The first-order valence-electron chi connectivity index (χ1n) is 7.03. The van der Waals surface area contributed by atoms with Crippen molar-refractivity contribution in [3.05, 3.63) is 0 Å². The van der Waals surface area contributed by atoms with Crippen LogP contribution in [0.1, 0.15) is 53.4 Å². The first kappa shape index (κ1) is 16.5. The first-order chi connectivity index (χ1) is 9.31. The van der Waals surface area contributed by atoms with Crippen LogP contribution in [0.3, 0.4) is 0 Å². The van der Waals surface area contributed by atoms with E-state index in [0.29, 0.717) is 13.0 Å². The van der Waals surface area contributed by atoms with Crippen LogP contribution in [0, 0.1) is 5.92 Å². The largest absolute Gasteiger partial charge is 0.466 e. The van der Waals surface area contributed by atoms with Gasteiger partial charge in [-0.05, 0) is 47.0 Å². The van der Waals surface area contributed by atoms with E-state index in [1.807, 2.05) is 0 Å². The molecule has 0 saturated heterocycles. The molecule has 0 heterocycles. The highest BCUT2D eigenvalue weighted by Gasteiger charge is 2.26. The number of rotatable bonds is 3. The highest BCUT2D eigenvalue weighted by atomic mass is 16.6. The lowest BCUT2D eigenvalue weighted by Gasteiger charge is -2.22. The summed E-state index contributed by atoms with van der Waals surface area (Å²) in [6.07, 6.45) is 2.42. The number of esters is 1. The highest BCUT2D eigenvalue weighted by molar-refractivity contribution is 5.90. The molecule has 1 unspecified atom stereocenters. The number of hydrogen-bond donors (Lipinski definition) is 1. The monoisotopic (exact) mass is 284 g/mol. The van der Waals surface area contributed by atoms with Gasteiger partial charge in [-0.15, -0.1) is 0 Å². The lowest BCUT2D eigenvalue weighted by atomic mass is 9.88. The minimum absolute atomic E-state index is 0.150. The number of amides is 1. The van der Waals surface area contributed by atoms with Gasteiger partial charge in [-0.25, -0.2) is 10.2 Å². The summed E-state index contributed by atoms with van der Waals surface area (Å²) in [4.78, 5) is 23.2. The molecule has 1 aliphatic rings. The predicted molar refractivity (Wildman–Crippen MR) is 75.4 cm³/mol. The summed E-state index contributed by atoms with van der Waals surface area (Å²) < 4.78 is 10.1. The van der Waals surface area contributed by atoms with Crippen molar-refractivity contribution in [1.82, 2.24) is 5.43 Å². The van der Waals surface area contributed by atoms with E-state index < -0.39 is 11.7 Å². The van der Waals surface area contributed by atoms with E-state index in [1.165, 1.54) is 0 Å². The molecule has 0 aromatic heterocycles. The van der Waals surface area contributed by atoms with Crippen LogP contribution in [0.4, 0.5) is 4.79 Å². The lowest BCUT2D eigenvalue weighted by molar-refractivity contribution is -0.148. The van der Waals surface area contributed by atoms with Crippen molar-refractivity contribution in [2.75, 3.05) is 6.61 Å². The lowest BCUT2D eigenvalue weighted by Crippen LogP contribution is -2.31. The van der Waals surface area contributed by atoms with Crippen molar-refractivity contribution in [3.63, 3.8) is 0 Å². The normalized spacial score (nSPS) is 21.4. The van der Waals surface area contributed by atoms with E-state index in [2.05, 4.69) is 10.5 Å². The van der Waals surface area contributed by atoms with Crippen molar-refractivity contribution in [1.29, 1.82) is 0 Å². The number of carbonyl (C=O) groups is 2. The molecule has 0 bridgehead atoms. The molecular formula is C14H24N2O4. The van der Waals surface area contributed by atoms with Gasteiger partial charge in [0, 0.05) is 12.1 Å². The molecule has 0 aromatic carbocycles. The molecule has 6 heteroatoms.